The van der Waals surface area contributed by atoms with Crippen LogP contribution >= 0.6 is 11.3 Å². The fraction of sp³-hybridized carbons (Fsp3) is 0.457. The van der Waals surface area contributed by atoms with Crippen molar-refractivity contribution in [3.05, 3.63) is 76.8 Å². The highest BCUT2D eigenvalue weighted by Gasteiger charge is 2.44. The normalized spacial score (nSPS) is 18.7. The number of carbonyl (C=O) groups excluding carboxylic acids is 3. The molecule has 3 amide bonds. The van der Waals surface area contributed by atoms with E-state index in [0.29, 0.717) is 59.1 Å². The summed E-state index contributed by atoms with van der Waals surface area (Å²) in [6.45, 7) is 11.6. The Labute approximate surface area is 371 Å². The highest BCUT2D eigenvalue weighted by atomic mass is 32.1. The van der Waals surface area contributed by atoms with E-state index >= 15 is 0 Å². The van der Waals surface area contributed by atoms with E-state index < -0.39 is 29.5 Å². The molecule has 0 bridgehead atoms. The van der Waals surface area contributed by atoms with Gasteiger partial charge in [0.25, 0.3) is 0 Å². The summed E-state index contributed by atoms with van der Waals surface area (Å²) in [5, 5.41) is 22.2. The van der Waals surface area contributed by atoms with E-state index in [1.54, 1.807) is 31.6 Å². The van der Waals surface area contributed by atoms with Crippen LogP contribution in [0.1, 0.15) is 88.0 Å². The number of β-amino-alcohol motifs (C(OH)–C–C–N with tert-alkyl or cyclic N) is 1. The number of carbonyl (C=O) groups is 3. The Hall–Kier alpha value is -6.09. The number of ether oxygens (including phenoxy) is 2. The van der Waals surface area contributed by atoms with Crippen LogP contribution in [0, 0.1) is 24.2 Å². The number of aromatic nitrogens is 5. The molecule has 0 aliphatic carbocycles. The number of aliphatic hydroxyl groups is 1. The third-order valence-electron chi connectivity index (χ3n) is 11.7. The summed E-state index contributed by atoms with van der Waals surface area (Å²) in [5.41, 5.74) is 12.2. The number of thiazole rings is 1. The Bertz CT molecular complexity index is 2500. The molecule has 63 heavy (non-hydrogen) atoms. The molecule has 5 heterocycles. The molecule has 7 rings (SSSR count). The van der Waals surface area contributed by atoms with E-state index in [0.717, 1.165) is 34.7 Å². The highest BCUT2D eigenvalue weighted by Crippen LogP contribution is 2.32. The first-order chi connectivity index (χ1) is 30.1. The first kappa shape index (κ1) is 44.9. The average Bonchev–Trinajstić information content (AvgIpc) is 4.08. The third-order valence-corrected chi connectivity index (χ3v) is 12.7. The number of hydrogen-bond acceptors (Lipinski definition) is 13. The maximum atomic E-state index is 14.2. The topological polar surface area (TPSA) is 203 Å². The van der Waals surface area contributed by atoms with Crippen LogP contribution in [0.4, 0.5) is 5.82 Å². The van der Waals surface area contributed by atoms with E-state index in [-0.39, 0.29) is 43.3 Å². The van der Waals surface area contributed by atoms with Gasteiger partial charge in [-0.1, -0.05) is 51.0 Å². The summed E-state index contributed by atoms with van der Waals surface area (Å²) in [7, 11) is 3.17. The summed E-state index contributed by atoms with van der Waals surface area (Å²) in [5.74, 6) is 6.84. The fourth-order valence-corrected chi connectivity index (χ4v) is 9.09. The zero-order valence-corrected chi connectivity index (χ0v) is 37.7. The van der Waals surface area contributed by atoms with Gasteiger partial charge in [-0.3, -0.25) is 14.4 Å². The molecular weight excluding hydrogens is 821 g/mol. The summed E-state index contributed by atoms with van der Waals surface area (Å²) >= 11 is 1.58. The van der Waals surface area contributed by atoms with E-state index in [1.165, 1.54) is 11.2 Å². The molecule has 0 unspecified atom stereocenters. The number of aryl methyl sites for hydroxylation is 1. The van der Waals surface area contributed by atoms with Crippen molar-refractivity contribution in [2.24, 2.45) is 5.41 Å². The largest absolute Gasteiger partial charge is 0.497 e. The maximum Gasteiger partial charge on any atom is 0.246 e. The van der Waals surface area contributed by atoms with Crippen molar-refractivity contribution in [3.8, 4) is 33.8 Å². The second-order valence-corrected chi connectivity index (χ2v) is 18.2. The van der Waals surface area contributed by atoms with Crippen molar-refractivity contribution in [2.45, 2.75) is 90.6 Å². The van der Waals surface area contributed by atoms with Crippen molar-refractivity contribution >= 4 is 45.9 Å². The summed E-state index contributed by atoms with van der Waals surface area (Å²) in [4.78, 5) is 59.3. The fourth-order valence-electron chi connectivity index (χ4n) is 8.28. The molecule has 2 aromatic carbocycles. The number of nitrogens with two attached hydrogens (primary N) is 1. The summed E-state index contributed by atoms with van der Waals surface area (Å²) in [6.07, 6.45) is 2.25. The smallest absolute Gasteiger partial charge is 0.246 e. The summed E-state index contributed by atoms with van der Waals surface area (Å²) < 4.78 is 12.7. The zero-order valence-electron chi connectivity index (χ0n) is 36.8. The van der Waals surface area contributed by atoms with E-state index in [4.69, 9.17) is 20.3 Å². The van der Waals surface area contributed by atoms with Gasteiger partial charge < -0.3 is 40.7 Å². The molecular formula is C46H56N10O6S. The first-order valence-corrected chi connectivity index (χ1v) is 22.1. The number of nitrogens with one attached hydrogen (secondary N) is 2. The van der Waals surface area contributed by atoms with Crippen molar-refractivity contribution in [1.82, 2.24) is 45.2 Å². The van der Waals surface area contributed by atoms with E-state index in [1.807, 2.05) is 81.2 Å². The number of fused-ring (bicyclic) bond motifs is 1. The lowest BCUT2D eigenvalue weighted by molar-refractivity contribution is -0.144. The van der Waals surface area contributed by atoms with Gasteiger partial charge in [0.15, 0.2) is 5.65 Å². The van der Waals surface area contributed by atoms with Crippen molar-refractivity contribution in [1.29, 1.82) is 0 Å². The lowest BCUT2D eigenvalue weighted by Crippen LogP contribution is -2.57. The minimum absolute atomic E-state index is 0.00247. The van der Waals surface area contributed by atoms with E-state index in [2.05, 4.69) is 42.3 Å². The molecule has 17 heteroatoms. The number of benzene rings is 2. The minimum atomic E-state index is -0.910. The zero-order chi connectivity index (χ0) is 45.0. The number of rotatable bonds is 13. The molecule has 2 fully saturated rings. The van der Waals surface area contributed by atoms with Crippen LogP contribution in [0.3, 0.4) is 0 Å². The number of hydrogen-bond donors (Lipinski definition) is 4. The van der Waals surface area contributed by atoms with Gasteiger partial charge in [-0.2, -0.15) is 5.10 Å². The molecule has 0 saturated carbocycles. The number of nitrogens with zero attached hydrogens (tertiary/aromatic N) is 7. The molecule has 5 atom stereocenters. The van der Waals surface area contributed by atoms with Gasteiger partial charge in [0.1, 0.15) is 41.4 Å². The summed E-state index contributed by atoms with van der Waals surface area (Å²) in [6, 6.07) is 11.2. The molecule has 16 nitrogen and oxygen atoms in total. The number of aliphatic hydroxyl groups excluding tert-OH is 1. The minimum Gasteiger partial charge on any atom is -0.497 e. The average molecular weight is 877 g/mol. The number of nitrogen functional groups attached to an aromatic ring is 1. The predicted octanol–water partition coefficient (Wildman–Crippen LogP) is 4.65. The van der Waals surface area contributed by atoms with Crippen LogP contribution in [0.5, 0.6) is 11.5 Å². The van der Waals surface area contributed by atoms with Crippen LogP contribution in [-0.4, -0.2) is 116 Å². The number of methoxy groups -OCH3 is 2. The van der Waals surface area contributed by atoms with Crippen molar-refractivity contribution in [2.75, 3.05) is 46.1 Å². The molecule has 2 saturated heterocycles. The molecule has 3 aromatic heterocycles. The number of amides is 3. The van der Waals surface area contributed by atoms with Crippen LogP contribution in [0.25, 0.3) is 21.5 Å². The SMILES string of the molecule is COc1cc(C#Cc2nn([C@H]3CCN(CCCC(=O)N[C@H](C(=O)N4C[C@H](O)C[C@H]4C(=O)N[C@@H](C)c4ccc(-c5scnc5C)cc4)C(C)(C)C)C3)c3ncnc(N)c23)cc(OC)c1. The van der Waals surface area contributed by atoms with Gasteiger partial charge in [0.05, 0.1) is 53.9 Å². The van der Waals surface area contributed by atoms with Crippen LogP contribution in [0.2, 0.25) is 0 Å². The van der Waals surface area contributed by atoms with Crippen LogP contribution in [0.15, 0.2) is 54.3 Å². The predicted molar refractivity (Wildman–Crippen MR) is 241 cm³/mol. The van der Waals surface area contributed by atoms with Crippen molar-refractivity contribution < 1.29 is 29.0 Å². The van der Waals surface area contributed by atoms with Gasteiger partial charge in [0.2, 0.25) is 17.7 Å². The van der Waals surface area contributed by atoms with Gasteiger partial charge in [-0.05, 0) is 67.8 Å². The molecule has 0 radical (unpaired) electrons. The first-order valence-electron chi connectivity index (χ1n) is 21.2. The molecule has 2 aliphatic rings. The number of anilines is 1. The monoisotopic (exact) mass is 876 g/mol. The molecule has 5 N–H and O–H groups in total. The van der Waals surface area contributed by atoms with Crippen LogP contribution < -0.4 is 25.8 Å². The molecule has 5 aromatic rings. The van der Waals surface area contributed by atoms with E-state index in [9.17, 15) is 19.5 Å². The van der Waals surface area contributed by atoms with Gasteiger partial charge in [-0.15, -0.1) is 11.3 Å². The Morgan fingerprint density at radius 2 is 1.75 bits per heavy atom. The number of likely N-dealkylation sites (tertiary alicyclic amines) is 2. The Balaban J connectivity index is 0.945. The standard InChI is InChI=1S/C46H56N10O6S/c1-27(30-11-13-31(14-12-30)40-28(2)50-26-63-40)51-44(59)37-21-33(57)24-55(37)45(60)41(46(3,4)5)52-38(58)9-8-17-54-18-16-32(23-54)56-43-39(42(47)48-25-49-43)36(53-56)15-10-29-19-34(61-6)22-35(20-29)62-7/h11-14,19-20,22,25-27,32-33,37,41,57H,8-9,16-18,21,23-24H2,1-7H3,(H,51,59)(H,52,58)(H2,47,48,49)/t27-,32-,33+,37-,41+/m0/s1. The Morgan fingerprint density at radius 3 is 2.41 bits per heavy atom. The van der Waals surface area contributed by atoms with Crippen molar-refractivity contribution in [3.63, 3.8) is 0 Å². The third kappa shape index (κ3) is 10.2. The molecule has 2 aliphatic heterocycles. The van der Waals surface area contributed by atoms with Gasteiger partial charge >= 0.3 is 0 Å². The second-order valence-electron chi connectivity index (χ2n) is 17.3. The second kappa shape index (κ2) is 19.1. The Kier molecular flexibility index (Phi) is 13.6. The maximum absolute atomic E-state index is 14.2. The molecule has 0 spiro atoms. The lowest BCUT2D eigenvalue weighted by Gasteiger charge is -2.35. The van der Waals surface area contributed by atoms with Crippen LogP contribution in [-0.2, 0) is 14.4 Å². The Morgan fingerprint density at radius 1 is 1.02 bits per heavy atom. The molecule has 332 valence electrons. The highest BCUT2D eigenvalue weighted by molar-refractivity contribution is 7.13. The van der Waals surface area contributed by atoms with Gasteiger partial charge in [-0.25, -0.2) is 19.6 Å². The quantitative estimate of drug-likeness (QED) is 0.120. The lowest BCUT2D eigenvalue weighted by atomic mass is 9.85. The van der Waals surface area contributed by atoms with Gasteiger partial charge in [0, 0.05) is 44.1 Å².